The normalized spacial score (nSPS) is 20.3. The molecule has 188 valence electrons. The van der Waals surface area contributed by atoms with Crippen molar-refractivity contribution in [2.24, 2.45) is 0 Å². The Balaban J connectivity index is 1.21. The number of hydrogen-bond acceptors (Lipinski definition) is 5. The molecule has 0 unspecified atom stereocenters. The van der Waals surface area contributed by atoms with Crippen molar-refractivity contribution in [3.63, 3.8) is 0 Å². The Labute approximate surface area is 200 Å². The highest BCUT2D eigenvalue weighted by Crippen LogP contribution is 2.26. The molecule has 4 rings (SSSR count). The van der Waals surface area contributed by atoms with E-state index in [4.69, 9.17) is 4.74 Å². The summed E-state index contributed by atoms with van der Waals surface area (Å²) in [6.45, 7) is 1.52. The predicted molar refractivity (Wildman–Crippen MR) is 121 cm³/mol. The molecule has 2 aliphatic rings. The molecule has 1 aliphatic heterocycles. The van der Waals surface area contributed by atoms with Gasteiger partial charge < -0.3 is 25.0 Å². The number of carbonyl (C=O) groups excluding carboxylic acids is 2. The minimum Gasteiger partial charge on any atom is -0.490 e. The van der Waals surface area contributed by atoms with E-state index in [-0.39, 0.29) is 23.8 Å². The molecular weight excluding hydrogens is 465 g/mol. The van der Waals surface area contributed by atoms with Crippen molar-refractivity contribution in [2.75, 3.05) is 18.4 Å². The number of alkyl halides is 3. The summed E-state index contributed by atoms with van der Waals surface area (Å²) in [4.78, 5) is 30.8. The smallest absolute Gasteiger partial charge is 0.490 e. The van der Waals surface area contributed by atoms with Crippen molar-refractivity contribution in [3.8, 4) is 11.5 Å². The fourth-order valence-electron chi connectivity index (χ4n) is 4.29. The van der Waals surface area contributed by atoms with Crippen molar-refractivity contribution in [1.29, 1.82) is 0 Å². The lowest BCUT2D eigenvalue weighted by Gasteiger charge is -2.29. The first-order chi connectivity index (χ1) is 16.7. The van der Waals surface area contributed by atoms with E-state index in [2.05, 4.69) is 20.4 Å². The first-order valence-corrected chi connectivity index (χ1v) is 11.6. The highest BCUT2D eigenvalue weighted by atomic mass is 19.4. The van der Waals surface area contributed by atoms with Crippen molar-refractivity contribution in [1.82, 2.24) is 15.2 Å². The number of likely N-dealkylation sites (tertiary alicyclic amines) is 1. The molecule has 0 bridgehead atoms. The van der Waals surface area contributed by atoms with Gasteiger partial charge in [0.2, 0.25) is 0 Å². The van der Waals surface area contributed by atoms with Gasteiger partial charge in [-0.3, -0.25) is 9.78 Å². The van der Waals surface area contributed by atoms with Crippen molar-refractivity contribution in [3.05, 3.63) is 48.3 Å². The van der Waals surface area contributed by atoms with Gasteiger partial charge in [0.25, 0.3) is 5.91 Å². The van der Waals surface area contributed by atoms with Crippen LogP contribution in [0.25, 0.3) is 0 Å². The van der Waals surface area contributed by atoms with Crippen LogP contribution in [-0.2, 0) is 0 Å². The number of aromatic nitrogens is 1. The monoisotopic (exact) mass is 492 g/mol. The lowest BCUT2D eigenvalue weighted by Crippen LogP contribution is -2.41. The Bertz CT molecular complexity index is 1020. The zero-order valence-electron chi connectivity index (χ0n) is 19.0. The van der Waals surface area contributed by atoms with Crippen LogP contribution in [0.15, 0.2) is 42.6 Å². The van der Waals surface area contributed by atoms with Gasteiger partial charge in [-0.15, -0.1) is 13.2 Å². The van der Waals surface area contributed by atoms with Crippen LogP contribution < -0.4 is 20.1 Å². The van der Waals surface area contributed by atoms with Crippen LogP contribution in [-0.4, -0.2) is 53.4 Å². The molecule has 1 saturated carbocycles. The van der Waals surface area contributed by atoms with Crippen LogP contribution in [0, 0.1) is 0 Å². The number of carbonyl (C=O) groups is 2. The van der Waals surface area contributed by atoms with Crippen LogP contribution in [0.2, 0.25) is 0 Å². The fourth-order valence-corrected chi connectivity index (χ4v) is 4.29. The number of nitrogens with zero attached hydrogens (tertiary/aromatic N) is 2. The number of pyridine rings is 1. The number of amides is 3. The second-order valence-corrected chi connectivity index (χ2v) is 8.64. The van der Waals surface area contributed by atoms with Crippen molar-refractivity contribution in [2.45, 2.75) is 57.0 Å². The average Bonchev–Trinajstić information content (AvgIpc) is 3.35. The molecule has 2 N–H and O–H groups in total. The maximum absolute atomic E-state index is 12.6. The maximum Gasteiger partial charge on any atom is 0.573 e. The van der Waals surface area contributed by atoms with Gasteiger partial charge in [-0.2, -0.15) is 0 Å². The first-order valence-electron chi connectivity index (χ1n) is 11.6. The Morgan fingerprint density at radius 1 is 0.971 bits per heavy atom. The van der Waals surface area contributed by atoms with Crippen LogP contribution in [0.3, 0.4) is 0 Å². The molecule has 1 aromatic carbocycles. The van der Waals surface area contributed by atoms with Gasteiger partial charge in [-0.05, 0) is 68.9 Å². The molecule has 35 heavy (non-hydrogen) atoms. The molecular formula is C24H27F3N4O4. The Kier molecular flexibility index (Phi) is 7.62. The summed E-state index contributed by atoms with van der Waals surface area (Å²) in [6.07, 6.45) is 1.69. The number of anilines is 1. The molecule has 3 amide bonds. The summed E-state index contributed by atoms with van der Waals surface area (Å²) in [7, 11) is 0. The van der Waals surface area contributed by atoms with E-state index < -0.39 is 12.4 Å². The molecule has 0 spiro atoms. The number of halogens is 3. The average molecular weight is 492 g/mol. The van der Waals surface area contributed by atoms with E-state index in [1.807, 2.05) is 0 Å². The SMILES string of the molecule is O=C(Nc1ccc(OC(F)(F)F)cc1)NC1CCC(Oc2ccnc(C(=O)N3CCCC3)c2)CC1. The van der Waals surface area contributed by atoms with E-state index in [0.717, 1.165) is 50.9 Å². The number of urea groups is 1. The van der Waals surface area contributed by atoms with E-state index in [1.165, 1.54) is 12.1 Å². The van der Waals surface area contributed by atoms with E-state index in [0.29, 0.717) is 30.0 Å². The summed E-state index contributed by atoms with van der Waals surface area (Å²) < 4.78 is 46.6. The fraction of sp³-hybridized carbons (Fsp3) is 0.458. The highest BCUT2D eigenvalue weighted by molar-refractivity contribution is 5.92. The zero-order valence-corrected chi connectivity index (χ0v) is 19.0. The van der Waals surface area contributed by atoms with Gasteiger partial charge in [-0.25, -0.2) is 4.79 Å². The topological polar surface area (TPSA) is 92.8 Å². The van der Waals surface area contributed by atoms with Gasteiger partial charge in [0.05, 0.1) is 6.10 Å². The zero-order chi connectivity index (χ0) is 24.8. The number of rotatable bonds is 6. The van der Waals surface area contributed by atoms with E-state index >= 15 is 0 Å². The Hall–Kier alpha value is -3.50. The number of ether oxygens (including phenoxy) is 2. The van der Waals surface area contributed by atoms with Crippen molar-refractivity contribution >= 4 is 17.6 Å². The molecule has 1 aromatic heterocycles. The van der Waals surface area contributed by atoms with Crippen LogP contribution in [0.4, 0.5) is 23.7 Å². The third-order valence-corrected chi connectivity index (χ3v) is 6.00. The summed E-state index contributed by atoms with van der Waals surface area (Å²) >= 11 is 0. The molecule has 2 aromatic rings. The van der Waals surface area contributed by atoms with Gasteiger partial charge >= 0.3 is 12.4 Å². The molecule has 0 radical (unpaired) electrons. The van der Waals surface area contributed by atoms with Gasteiger partial charge in [0.15, 0.2) is 0 Å². The second kappa shape index (κ2) is 10.8. The van der Waals surface area contributed by atoms with Crippen LogP contribution >= 0.6 is 0 Å². The van der Waals surface area contributed by atoms with Crippen LogP contribution in [0.1, 0.15) is 49.0 Å². The van der Waals surface area contributed by atoms with Crippen molar-refractivity contribution < 1.29 is 32.2 Å². The first kappa shape index (κ1) is 24.6. The number of nitrogens with one attached hydrogen (secondary N) is 2. The van der Waals surface area contributed by atoms with Gasteiger partial charge in [-0.1, -0.05) is 0 Å². The highest BCUT2D eigenvalue weighted by Gasteiger charge is 2.31. The quantitative estimate of drug-likeness (QED) is 0.608. The predicted octanol–water partition coefficient (Wildman–Crippen LogP) is 4.73. The molecule has 1 aliphatic carbocycles. The summed E-state index contributed by atoms with van der Waals surface area (Å²) in [5, 5.41) is 5.49. The molecule has 8 nitrogen and oxygen atoms in total. The summed E-state index contributed by atoms with van der Waals surface area (Å²) in [5.74, 6) is 0.174. The standard InChI is InChI=1S/C24H27F3N4O4/c25-24(26,27)35-19-9-5-17(6-10-19)30-23(33)29-16-3-7-18(8-4-16)34-20-11-12-28-21(15-20)22(32)31-13-1-2-14-31/h5-6,9-12,15-16,18H,1-4,7-8,13-14H2,(H2,29,30,33). The van der Waals surface area contributed by atoms with Crippen LogP contribution in [0.5, 0.6) is 11.5 Å². The minimum atomic E-state index is -4.76. The molecule has 2 fully saturated rings. The van der Waals surface area contributed by atoms with E-state index in [1.54, 1.807) is 23.2 Å². The van der Waals surface area contributed by atoms with E-state index in [9.17, 15) is 22.8 Å². The van der Waals surface area contributed by atoms with Gasteiger partial charge in [0.1, 0.15) is 17.2 Å². The molecule has 11 heteroatoms. The third-order valence-electron chi connectivity index (χ3n) is 6.00. The Morgan fingerprint density at radius 2 is 1.66 bits per heavy atom. The number of benzene rings is 1. The lowest BCUT2D eigenvalue weighted by atomic mass is 9.93. The third kappa shape index (κ3) is 7.24. The summed E-state index contributed by atoms with van der Waals surface area (Å²) in [5.41, 5.74) is 0.737. The second-order valence-electron chi connectivity index (χ2n) is 8.64. The maximum atomic E-state index is 12.6. The summed E-state index contributed by atoms with van der Waals surface area (Å²) in [6, 6.07) is 7.88. The largest absolute Gasteiger partial charge is 0.573 e. The molecule has 2 heterocycles. The lowest BCUT2D eigenvalue weighted by molar-refractivity contribution is -0.274. The molecule has 1 saturated heterocycles. The number of hydrogen-bond donors (Lipinski definition) is 2. The van der Waals surface area contributed by atoms with Gasteiger partial charge in [0, 0.05) is 37.1 Å². The minimum absolute atomic E-state index is 0.0329. The molecule has 0 atom stereocenters. The Morgan fingerprint density at radius 3 is 2.31 bits per heavy atom.